The Morgan fingerprint density at radius 2 is 0.926 bits per heavy atom. The van der Waals surface area contributed by atoms with E-state index in [1.54, 1.807) is 0 Å². The van der Waals surface area contributed by atoms with Crippen molar-refractivity contribution in [1.82, 2.24) is 0 Å². The van der Waals surface area contributed by atoms with Gasteiger partial charge < -0.3 is 4.74 Å². The van der Waals surface area contributed by atoms with Crippen LogP contribution in [0.4, 0.5) is 0 Å². The lowest BCUT2D eigenvalue weighted by atomic mass is 10.0. The first-order chi connectivity index (χ1) is 13.3. The largest absolute Gasteiger partial charge is 0.435 e. The summed E-state index contributed by atoms with van der Waals surface area (Å²) in [5.74, 6) is -0.237. The SMILES string of the molecule is CCCCCCCCCCCCCCCCCCCCCC=COC(C)=O. The second kappa shape index (κ2) is 23.2. The van der Waals surface area contributed by atoms with Crippen LogP contribution in [0.1, 0.15) is 142 Å². The molecule has 0 aromatic heterocycles. The van der Waals surface area contributed by atoms with E-state index < -0.39 is 0 Å². The van der Waals surface area contributed by atoms with Crippen LogP contribution in [0.25, 0.3) is 0 Å². The number of hydrogen-bond acceptors (Lipinski definition) is 2. The summed E-state index contributed by atoms with van der Waals surface area (Å²) >= 11 is 0. The topological polar surface area (TPSA) is 26.3 Å². The molecule has 27 heavy (non-hydrogen) atoms. The van der Waals surface area contributed by atoms with Gasteiger partial charge in [0.25, 0.3) is 0 Å². The normalized spacial score (nSPS) is 11.3. The molecule has 0 radical (unpaired) electrons. The Morgan fingerprint density at radius 1 is 0.593 bits per heavy atom. The van der Waals surface area contributed by atoms with Gasteiger partial charge in [-0.3, -0.25) is 4.79 Å². The van der Waals surface area contributed by atoms with Gasteiger partial charge >= 0.3 is 5.97 Å². The smallest absolute Gasteiger partial charge is 0.307 e. The van der Waals surface area contributed by atoms with Crippen molar-refractivity contribution in [2.45, 2.75) is 142 Å². The lowest BCUT2D eigenvalue weighted by Gasteiger charge is -2.03. The van der Waals surface area contributed by atoms with Crippen LogP contribution in [0.2, 0.25) is 0 Å². The number of carbonyl (C=O) groups excluding carboxylic acids is 1. The predicted molar refractivity (Wildman–Crippen MR) is 119 cm³/mol. The molecule has 0 spiro atoms. The van der Waals surface area contributed by atoms with E-state index in [1.165, 1.54) is 135 Å². The van der Waals surface area contributed by atoms with Crippen molar-refractivity contribution in [2.75, 3.05) is 0 Å². The second-order valence-electron chi connectivity index (χ2n) is 8.13. The molecule has 0 aliphatic heterocycles. The molecular weight excluding hydrogens is 332 g/mol. The molecule has 0 aliphatic rings. The first kappa shape index (κ1) is 26.2. The van der Waals surface area contributed by atoms with Crippen LogP contribution in [0.5, 0.6) is 0 Å². The Kier molecular flexibility index (Phi) is 22.6. The molecule has 2 heteroatoms. The zero-order chi connectivity index (χ0) is 19.8. The maximum Gasteiger partial charge on any atom is 0.307 e. The molecule has 160 valence electrons. The minimum absolute atomic E-state index is 0.237. The highest BCUT2D eigenvalue weighted by molar-refractivity contribution is 5.66. The van der Waals surface area contributed by atoms with E-state index in [2.05, 4.69) is 6.92 Å². The van der Waals surface area contributed by atoms with Crippen molar-refractivity contribution in [3.8, 4) is 0 Å². The number of hydrogen-bond donors (Lipinski definition) is 0. The maximum absolute atomic E-state index is 10.6. The lowest BCUT2D eigenvalue weighted by Crippen LogP contribution is -1.89. The van der Waals surface area contributed by atoms with Crippen molar-refractivity contribution in [3.05, 3.63) is 12.3 Å². The van der Waals surface area contributed by atoms with E-state index in [0.717, 1.165) is 6.42 Å². The third kappa shape index (κ3) is 25.2. The Balaban J connectivity index is 3.03. The van der Waals surface area contributed by atoms with E-state index in [9.17, 15) is 4.79 Å². The summed E-state index contributed by atoms with van der Waals surface area (Å²) in [5, 5.41) is 0. The summed E-state index contributed by atoms with van der Waals surface area (Å²) in [4.78, 5) is 10.6. The molecule has 2 nitrogen and oxygen atoms in total. The van der Waals surface area contributed by atoms with E-state index >= 15 is 0 Å². The van der Waals surface area contributed by atoms with Gasteiger partial charge in [0, 0.05) is 6.92 Å². The molecule has 0 aliphatic carbocycles. The zero-order valence-corrected chi connectivity index (χ0v) is 18.6. The minimum atomic E-state index is -0.237. The summed E-state index contributed by atoms with van der Waals surface area (Å²) in [6.45, 7) is 3.72. The van der Waals surface area contributed by atoms with Gasteiger partial charge in [0.15, 0.2) is 0 Å². The van der Waals surface area contributed by atoms with Crippen LogP contribution in [0.15, 0.2) is 12.3 Å². The molecule has 0 saturated carbocycles. The number of allylic oxidation sites excluding steroid dienone is 1. The van der Waals surface area contributed by atoms with Gasteiger partial charge in [0.2, 0.25) is 0 Å². The molecule has 0 amide bonds. The summed E-state index contributed by atoms with van der Waals surface area (Å²) in [7, 11) is 0. The molecule has 0 aromatic rings. The molecule has 0 N–H and O–H groups in total. The van der Waals surface area contributed by atoms with Gasteiger partial charge in [0.1, 0.15) is 0 Å². The van der Waals surface area contributed by atoms with Crippen molar-refractivity contribution < 1.29 is 9.53 Å². The Morgan fingerprint density at radius 3 is 1.26 bits per heavy atom. The highest BCUT2D eigenvalue weighted by atomic mass is 16.5. The first-order valence-corrected chi connectivity index (χ1v) is 12.1. The van der Waals surface area contributed by atoms with Crippen LogP contribution in [0, 0.1) is 0 Å². The zero-order valence-electron chi connectivity index (χ0n) is 18.6. The molecule has 0 bridgehead atoms. The monoisotopic (exact) mass is 380 g/mol. The molecule has 0 atom stereocenters. The van der Waals surface area contributed by atoms with Crippen LogP contribution in [-0.4, -0.2) is 5.97 Å². The predicted octanol–water partition coefficient (Wildman–Crippen LogP) is 8.89. The van der Waals surface area contributed by atoms with Gasteiger partial charge in [-0.1, -0.05) is 122 Å². The lowest BCUT2D eigenvalue weighted by molar-refractivity contribution is -0.135. The van der Waals surface area contributed by atoms with Crippen LogP contribution in [0.3, 0.4) is 0 Å². The fraction of sp³-hybridized carbons (Fsp3) is 0.880. The van der Waals surface area contributed by atoms with Gasteiger partial charge in [-0.05, 0) is 18.9 Å². The molecule has 0 rings (SSSR count). The van der Waals surface area contributed by atoms with Gasteiger partial charge in [-0.2, -0.15) is 0 Å². The Hall–Kier alpha value is -0.790. The molecule has 0 aromatic carbocycles. The average molecular weight is 381 g/mol. The number of ether oxygens (including phenoxy) is 1. The number of carbonyl (C=O) groups is 1. The van der Waals surface area contributed by atoms with Crippen molar-refractivity contribution in [1.29, 1.82) is 0 Å². The van der Waals surface area contributed by atoms with Crippen molar-refractivity contribution >= 4 is 5.97 Å². The highest BCUT2D eigenvalue weighted by Gasteiger charge is 1.95. The maximum atomic E-state index is 10.6. The second-order valence-corrected chi connectivity index (χ2v) is 8.13. The fourth-order valence-electron chi connectivity index (χ4n) is 3.55. The van der Waals surface area contributed by atoms with E-state index in [-0.39, 0.29) is 5.97 Å². The number of rotatable bonds is 21. The van der Waals surface area contributed by atoms with E-state index in [1.807, 2.05) is 6.08 Å². The Bertz CT molecular complexity index is 322. The van der Waals surface area contributed by atoms with Gasteiger partial charge in [-0.25, -0.2) is 0 Å². The quantitative estimate of drug-likeness (QED) is 0.113. The van der Waals surface area contributed by atoms with Crippen LogP contribution < -0.4 is 0 Å². The average Bonchev–Trinajstić information content (AvgIpc) is 2.65. The van der Waals surface area contributed by atoms with E-state index in [4.69, 9.17) is 4.74 Å². The van der Waals surface area contributed by atoms with Gasteiger partial charge in [-0.15, -0.1) is 0 Å². The molecular formula is C25H48O2. The fourth-order valence-corrected chi connectivity index (χ4v) is 3.55. The van der Waals surface area contributed by atoms with Gasteiger partial charge in [0.05, 0.1) is 6.26 Å². The van der Waals surface area contributed by atoms with Crippen LogP contribution in [-0.2, 0) is 9.53 Å². The summed E-state index contributed by atoms with van der Waals surface area (Å²) in [6.07, 6.45) is 31.3. The van der Waals surface area contributed by atoms with E-state index in [0.29, 0.717) is 0 Å². The number of esters is 1. The summed E-state index contributed by atoms with van der Waals surface area (Å²) in [5.41, 5.74) is 0. The molecule has 0 heterocycles. The summed E-state index contributed by atoms with van der Waals surface area (Å²) in [6, 6.07) is 0. The third-order valence-corrected chi connectivity index (χ3v) is 5.30. The number of unbranched alkanes of at least 4 members (excludes halogenated alkanes) is 19. The van der Waals surface area contributed by atoms with Crippen LogP contribution >= 0.6 is 0 Å². The standard InChI is InChI=1S/C25H48O2/c1-3-4-5-6-7-8-9-10-11-12-13-14-15-16-17-18-19-20-21-22-23-24-27-25(2)26/h23-24H,3-22H2,1-2H3. The minimum Gasteiger partial charge on any atom is -0.435 e. The van der Waals surface area contributed by atoms with Crippen molar-refractivity contribution in [2.24, 2.45) is 0 Å². The summed E-state index contributed by atoms with van der Waals surface area (Å²) < 4.78 is 4.76. The molecule has 0 saturated heterocycles. The highest BCUT2D eigenvalue weighted by Crippen LogP contribution is 2.14. The Labute approximate surface area is 170 Å². The third-order valence-electron chi connectivity index (χ3n) is 5.30. The first-order valence-electron chi connectivity index (χ1n) is 12.1. The molecule has 0 fully saturated rings. The molecule has 0 unspecified atom stereocenters. The van der Waals surface area contributed by atoms with Crippen molar-refractivity contribution in [3.63, 3.8) is 0 Å².